The maximum atomic E-state index is 10.0. The van der Waals surface area contributed by atoms with Gasteiger partial charge in [0.15, 0.2) is 0 Å². The Balaban J connectivity index is 1.88. The van der Waals surface area contributed by atoms with E-state index in [4.69, 9.17) is 5.73 Å². The minimum Gasteiger partial charge on any atom is -0.393 e. The highest BCUT2D eigenvalue weighted by Gasteiger charge is 2.47. The van der Waals surface area contributed by atoms with E-state index < -0.39 is 0 Å². The minimum absolute atomic E-state index is 0.00808. The lowest BCUT2D eigenvalue weighted by Gasteiger charge is -2.45. The van der Waals surface area contributed by atoms with Crippen molar-refractivity contribution in [2.24, 2.45) is 35.3 Å². The molecule has 4 saturated carbocycles. The normalized spacial score (nSPS) is 56.1. The van der Waals surface area contributed by atoms with Gasteiger partial charge in [0.05, 0.1) is 6.10 Å². The van der Waals surface area contributed by atoms with Crippen molar-refractivity contribution in [2.45, 2.75) is 38.2 Å². The molecule has 0 amide bonds. The van der Waals surface area contributed by atoms with E-state index in [1.807, 2.05) is 0 Å². The van der Waals surface area contributed by atoms with Crippen molar-refractivity contribution in [3.8, 4) is 0 Å². The smallest absolute Gasteiger partial charge is 0.0571 e. The summed E-state index contributed by atoms with van der Waals surface area (Å²) in [6, 6.07) is 0. The largest absolute Gasteiger partial charge is 0.393 e. The van der Waals surface area contributed by atoms with E-state index in [1.165, 1.54) is 25.7 Å². The molecule has 2 nitrogen and oxygen atoms in total. The Hall–Kier alpha value is -0.0800. The molecule has 2 heteroatoms. The molecular weight excluding hydrogens is 174 g/mol. The van der Waals surface area contributed by atoms with Crippen molar-refractivity contribution in [3.63, 3.8) is 0 Å². The van der Waals surface area contributed by atoms with Crippen molar-refractivity contribution in [2.75, 3.05) is 6.54 Å². The molecule has 4 bridgehead atoms. The molecule has 0 aliphatic heterocycles. The van der Waals surface area contributed by atoms with Crippen molar-refractivity contribution >= 4 is 0 Å². The third-order valence-corrected chi connectivity index (χ3v) is 5.09. The monoisotopic (exact) mass is 195 g/mol. The number of fused-ring (bicyclic) bond motifs is 1. The summed E-state index contributed by atoms with van der Waals surface area (Å²) in [6.07, 6.45) is 6.31. The third-order valence-electron chi connectivity index (χ3n) is 5.09. The molecule has 0 radical (unpaired) electrons. The lowest BCUT2D eigenvalue weighted by molar-refractivity contribution is 0.0304. The average Bonchev–Trinajstić information content (AvgIpc) is 2.32. The highest BCUT2D eigenvalue weighted by Crippen LogP contribution is 2.53. The standard InChI is InChI=1S/C12H21NO/c13-6-11-8-1-7-2-9(11)5-10(4-8)12(14)3-7/h7-12,14H,1-6,13H2. The van der Waals surface area contributed by atoms with Gasteiger partial charge >= 0.3 is 0 Å². The Labute approximate surface area is 85.9 Å². The Bertz CT molecular complexity index is 214. The number of hydrogen-bond acceptors (Lipinski definition) is 2. The van der Waals surface area contributed by atoms with Crippen molar-refractivity contribution in [1.29, 1.82) is 0 Å². The van der Waals surface area contributed by atoms with Gasteiger partial charge in [-0.25, -0.2) is 0 Å². The number of aliphatic hydroxyl groups excluding tert-OH is 1. The van der Waals surface area contributed by atoms with Gasteiger partial charge in [-0.15, -0.1) is 0 Å². The molecule has 0 aromatic rings. The second-order valence-electron chi connectivity index (χ2n) is 5.79. The SMILES string of the molecule is NCC1C2CC3CC(O)C(C2)CC1C3. The molecule has 80 valence electrons. The zero-order chi connectivity index (χ0) is 9.71. The third kappa shape index (κ3) is 1.24. The van der Waals surface area contributed by atoms with Crippen molar-refractivity contribution in [1.82, 2.24) is 0 Å². The van der Waals surface area contributed by atoms with Crippen LogP contribution in [0.1, 0.15) is 32.1 Å². The van der Waals surface area contributed by atoms with Crippen LogP contribution in [-0.4, -0.2) is 17.8 Å². The van der Waals surface area contributed by atoms with Crippen LogP contribution in [0, 0.1) is 29.6 Å². The summed E-state index contributed by atoms with van der Waals surface area (Å²) in [5.41, 5.74) is 5.88. The van der Waals surface area contributed by atoms with Crippen LogP contribution in [0.3, 0.4) is 0 Å². The zero-order valence-corrected chi connectivity index (χ0v) is 8.73. The van der Waals surface area contributed by atoms with E-state index in [0.717, 1.165) is 36.6 Å². The highest BCUT2D eigenvalue weighted by atomic mass is 16.3. The van der Waals surface area contributed by atoms with Crippen LogP contribution in [0.5, 0.6) is 0 Å². The second kappa shape index (κ2) is 3.21. The first-order valence-electron chi connectivity index (χ1n) is 6.16. The molecule has 4 rings (SSSR count). The molecule has 0 heterocycles. The van der Waals surface area contributed by atoms with E-state index in [-0.39, 0.29) is 6.10 Å². The summed E-state index contributed by atoms with van der Waals surface area (Å²) in [7, 11) is 0. The topological polar surface area (TPSA) is 46.2 Å². The maximum absolute atomic E-state index is 10.0. The van der Waals surface area contributed by atoms with Crippen LogP contribution < -0.4 is 5.73 Å². The molecule has 4 aliphatic rings. The van der Waals surface area contributed by atoms with E-state index in [2.05, 4.69) is 0 Å². The lowest BCUT2D eigenvalue weighted by atomic mass is 9.61. The van der Waals surface area contributed by atoms with Gasteiger partial charge in [-0.3, -0.25) is 0 Å². The lowest BCUT2D eigenvalue weighted by Crippen LogP contribution is -2.41. The molecule has 3 unspecified atom stereocenters. The van der Waals surface area contributed by atoms with E-state index in [1.54, 1.807) is 0 Å². The molecule has 0 aromatic heterocycles. The minimum atomic E-state index is 0.00808. The number of nitrogens with two attached hydrogens (primary N) is 1. The Morgan fingerprint density at radius 1 is 0.929 bits per heavy atom. The maximum Gasteiger partial charge on any atom is 0.0571 e. The van der Waals surface area contributed by atoms with E-state index in [9.17, 15) is 5.11 Å². The summed E-state index contributed by atoms with van der Waals surface area (Å²) in [5, 5.41) is 10.0. The first-order valence-corrected chi connectivity index (χ1v) is 6.16. The number of hydrogen-bond donors (Lipinski definition) is 2. The summed E-state index contributed by atoms with van der Waals surface area (Å²) in [5.74, 6) is 3.91. The van der Waals surface area contributed by atoms with Gasteiger partial charge < -0.3 is 10.8 Å². The molecule has 14 heavy (non-hydrogen) atoms. The van der Waals surface area contributed by atoms with Gasteiger partial charge in [0.25, 0.3) is 0 Å². The van der Waals surface area contributed by atoms with Gasteiger partial charge in [-0.2, -0.15) is 0 Å². The highest BCUT2D eigenvalue weighted by molar-refractivity contribution is 4.98. The number of aliphatic hydroxyl groups is 1. The fraction of sp³-hybridized carbons (Fsp3) is 1.00. The molecule has 3 N–H and O–H groups in total. The molecule has 4 aliphatic carbocycles. The van der Waals surface area contributed by atoms with Gasteiger partial charge in [0.2, 0.25) is 0 Å². The summed E-state index contributed by atoms with van der Waals surface area (Å²) in [6.45, 7) is 0.880. The first-order chi connectivity index (χ1) is 6.78. The van der Waals surface area contributed by atoms with Crippen LogP contribution in [0.25, 0.3) is 0 Å². The van der Waals surface area contributed by atoms with Gasteiger partial charge in [0.1, 0.15) is 0 Å². The van der Waals surface area contributed by atoms with Gasteiger partial charge in [0, 0.05) is 0 Å². The van der Waals surface area contributed by atoms with Crippen LogP contribution in [-0.2, 0) is 0 Å². The molecule has 3 atom stereocenters. The quantitative estimate of drug-likeness (QED) is 0.664. The second-order valence-corrected chi connectivity index (χ2v) is 5.79. The fourth-order valence-corrected chi connectivity index (χ4v) is 4.53. The van der Waals surface area contributed by atoms with Crippen LogP contribution in [0.4, 0.5) is 0 Å². The predicted molar refractivity (Wildman–Crippen MR) is 55.6 cm³/mol. The Morgan fingerprint density at radius 2 is 1.57 bits per heavy atom. The zero-order valence-electron chi connectivity index (χ0n) is 8.73. The van der Waals surface area contributed by atoms with Crippen molar-refractivity contribution < 1.29 is 5.11 Å². The van der Waals surface area contributed by atoms with E-state index >= 15 is 0 Å². The molecular formula is C12H21NO. The predicted octanol–water partition coefficient (Wildman–Crippen LogP) is 1.38. The average molecular weight is 195 g/mol. The summed E-state index contributed by atoms with van der Waals surface area (Å²) >= 11 is 0. The molecule has 0 saturated heterocycles. The summed E-state index contributed by atoms with van der Waals surface area (Å²) < 4.78 is 0. The summed E-state index contributed by atoms with van der Waals surface area (Å²) in [4.78, 5) is 0. The fourth-order valence-electron chi connectivity index (χ4n) is 4.53. The van der Waals surface area contributed by atoms with E-state index in [0.29, 0.717) is 5.92 Å². The Kier molecular flexibility index (Phi) is 2.10. The van der Waals surface area contributed by atoms with Crippen LogP contribution >= 0.6 is 0 Å². The Morgan fingerprint density at radius 3 is 2.14 bits per heavy atom. The molecule has 0 spiro atoms. The first kappa shape index (κ1) is 9.17. The van der Waals surface area contributed by atoms with Gasteiger partial charge in [-0.1, -0.05) is 0 Å². The van der Waals surface area contributed by atoms with Crippen molar-refractivity contribution in [3.05, 3.63) is 0 Å². The van der Waals surface area contributed by atoms with Crippen LogP contribution in [0.15, 0.2) is 0 Å². The van der Waals surface area contributed by atoms with Crippen LogP contribution in [0.2, 0.25) is 0 Å². The number of rotatable bonds is 1. The molecule has 0 aromatic carbocycles. The molecule has 4 fully saturated rings. The van der Waals surface area contributed by atoms with Gasteiger partial charge in [-0.05, 0) is 68.2 Å².